The molecule has 3 aliphatic rings. The van der Waals surface area contributed by atoms with E-state index in [4.69, 9.17) is 11.6 Å². The van der Waals surface area contributed by atoms with E-state index in [1.807, 2.05) is 15.9 Å². The zero-order chi connectivity index (χ0) is 19.4. The molecule has 1 atom stereocenters. The molecule has 0 spiro atoms. The van der Waals surface area contributed by atoms with E-state index in [0.29, 0.717) is 29.7 Å². The number of hydrogen-bond acceptors (Lipinski definition) is 5. The Kier molecular flexibility index (Phi) is 4.04. The molecular weight excluding hydrogens is 380 g/mol. The summed E-state index contributed by atoms with van der Waals surface area (Å²) in [7, 11) is 0. The van der Waals surface area contributed by atoms with Crippen molar-refractivity contribution in [2.45, 2.75) is 38.8 Å². The van der Waals surface area contributed by atoms with Crippen molar-refractivity contribution in [1.82, 2.24) is 19.2 Å². The number of amidine groups is 1. The normalized spacial score (nSPS) is 20.5. The van der Waals surface area contributed by atoms with Crippen LogP contribution in [0, 0.1) is 0 Å². The Bertz CT molecular complexity index is 1060. The van der Waals surface area contributed by atoms with Crippen molar-refractivity contribution in [2.75, 3.05) is 24.5 Å². The van der Waals surface area contributed by atoms with Crippen molar-refractivity contribution < 1.29 is 4.79 Å². The summed E-state index contributed by atoms with van der Waals surface area (Å²) in [5.74, 6) is 1.23. The van der Waals surface area contributed by atoms with Crippen LogP contribution >= 0.6 is 11.6 Å². The molecule has 3 aliphatic heterocycles. The van der Waals surface area contributed by atoms with Gasteiger partial charge in [-0.05, 0) is 44.4 Å². The molecule has 1 aromatic carbocycles. The Hall–Kier alpha value is -2.61. The summed E-state index contributed by atoms with van der Waals surface area (Å²) in [6, 6.07) is 5.62. The number of rotatable bonds is 2. The number of benzene rings is 1. The SMILES string of the molecule is CC1CCCCN1C(=O)Cn1nc2n(c1=O)-c1cc(Cl)ccc1C1=NCCN12. The van der Waals surface area contributed by atoms with Crippen molar-refractivity contribution in [2.24, 2.45) is 4.99 Å². The third-order valence-corrected chi connectivity index (χ3v) is 5.99. The smallest absolute Gasteiger partial charge is 0.338 e. The first-order valence-electron chi connectivity index (χ1n) is 9.66. The van der Waals surface area contributed by atoms with Crippen LogP contribution in [-0.2, 0) is 11.3 Å². The first-order valence-corrected chi connectivity index (χ1v) is 10.0. The lowest BCUT2D eigenvalue weighted by Gasteiger charge is -2.33. The number of carbonyl (C=O) groups excluding carboxylic acids is 1. The second-order valence-electron chi connectivity index (χ2n) is 7.53. The molecule has 1 saturated heterocycles. The van der Waals surface area contributed by atoms with Gasteiger partial charge in [-0.2, -0.15) is 0 Å². The van der Waals surface area contributed by atoms with Crippen molar-refractivity contribution >= 4 is 29.3 Å². The summed E-state index contributed by atoms with van der Waals surface area (Å²) in [4.78, 5) is 34.4. The van der Waals surface area contributed by atoms with Gasteiger partial charge in [0.2, 0.25) is 11.9 Å². The molecule has 1 fully saturated rings. The summed E-state index contributed by atoms with van der Waals surface area (Å²) in [5, 5.41) is 5.04. The summed E-state index contributed by atoms with van der Waals surface area (Å²) in [6.45, 7) is 4.04. The number of aliphatic imine (C=N–C) groups is 1. The molecule has 1 amide bonds. The quantitative estimate of drug-likeness (QED) is 0.768. The van der Waals surface area contributed by atoms with E-state index in [1.165, 1.54) is 4.68 Å². The number of nitrogens with zero attached hydrogens (tertiary/aromatic N) is 6. The van der Waals surface area contributed by atoms with Gasteiger partial charge in [0.1, 0.15) is 12.4 Å². The number of anilines is 1. The first kappa shape index (κ1) is 17.5. The maximum Gasteiger partial charge on any atom is 0.352 e. The molecule has 1 aromatic heterocycles. The van der Waals surface area contributed by atoms with E-state index in [9.17, 15) is 9.59 Å². The lowest BCUT2D eigenvalue weighted by atomic mass is 10.0. The fraction of sp³-hybridized carbons (Fsp3) is 0.474. The van der Waals surface area contributed by atoms with Gasteiger partial charge in [0, 0.05) is 29.7 Å². The number of fused-ring (bicyclic) bond motifs is 6. The van der Waals surface area contributed by atoms with Crippen LogP contribution in [0.15, 0.2) is 28.0 Å². The van der Waals surface area contributed by atoms with Gasteiger partial charge < -0.3 is 4.90 Å². The minimum absolute atomic E-state index is 0.0562. The third-order valence-electron chi connectivity index (χ3n) is 5.75. The van der Waals surface area contributed by atoms with Crippen LogP contribution in [0.4, 0.5) is 5.95 Å². The summed E-state index contributed by atoms with van der Waals surface area (Å²) in [6.07, 6.45) is 3.14. The minimum atomic E-state index is -0.331. The van der Waals surface area contributed by atoms with Gasteiger partial charge in [-0.1, -0.05) is 11.6 Å². The highest BCUT2D eigenvalue weighted by Gasteiger charge is 2.35. The third kappa shape index (κ3) is 2.58. The van der Waals surface area contributed by atoms with Crippen LogP contribution in [0.1, 0.15) is 31.7 Å². The maximum absolute atomic E-state index is 13.2. The molecule has 8 nitrogen and oxygen atoms in total. The molecule has 1 unspecified atom stereocenters. The second kappa shape index (κ2) is 6.48. The molecular formula is C19H21ClN6O2. The predicted octanol–water partition coefficient (Wildman–Crippen LogP) is 1.67. The maximum atomic E-state index is 13.2. The Morgan fingerprint density at radius 2 is 2.14 bits per heavy atom. The summed E-state index contributed by atoms with van der Waals surface area (Å²) < 4.78 is 2.81. The second-order valence-corrected chi connectivity index (χ2v) is 7.96. The zero-order valence-corrected chi connectivity index (χ0v) is 16.4. The topological polar surface area (TPSA) is 75.7 Å². The van der Waals surface area contributed by atoms with Crippen LogP contribution in [0.2, 0.25) is 5.02 Å². The van der Waals surface area contributed by atoms with Gasteiger partial charge in [0.05, 0.1) is 12.2 Å². The number of carbonyl (C=O) groups is 1. The van der Waals surface area contributed by atoms with E-state index in [2.05, 4.69) is 17.0 Å². The molecule has 0 aliphatic carbocycles. The molecule has 28 heavy (non-hydrogen) atoms. The van der Waals surface area contributed by atoms with E-state index >= 15 is 0 Å². The lowest BCUT2D eigenvalue weighted by molar-refractivity contribution is -0.135. The molecule has 146 valence electrons. The number of piperidine rings is 1. The van der Waals surface area contributed by atoms with Crippen LogP contribution in [0.25, 0.3) is 5.69 Å². The average Bonchev–Trinajstić information content (AvgIpc) is 3.28. The highest BCUT2D eigenvalue weighted by molar-refractivity contribution is 6.31. The van der Waals surface area contributed by atoms with Crippen LogP contribution in [0.5, 0.6) is 0 Å². The van der Waals surface area contributed by atoms with Gasteiger partial charge >= 0.3 is 5.69 Å². The van der Waals surface area contributed by atoms with E-state index in [1.54, 1.807) is 16.7 Å². The van der Waals surface area contributed by atoms with Crippen molar-refractivity contribution in [3.63, 3.8) is 0 Å². The van der Waals surface area contributed by atoms with Gasteiger partial charge in [-0.25, -0.2) is 14.0 Å². The first-order chi connectivity index (χ1) is 13.5. The standard InChI is InChI=1S/C19H21ClN6O2/c1-12-4-2-3-8-23(12)16(27)11-25-19(28)26-15-10-13(20)5-6-14(15)17-21-7-9-24(17)18(26)22-25/h5-6,10,12H,2-4,7-9,11H2,1H3. The molecule has 9 heteroatoms. The minimum Gasteiger partial charge on any atom is -0.338 e. The Morgan fingerprint density at radius 1 is 1.29 bits per heavy atom. The van der Waals surface area contributed by atoms with Crippen LogP contribution < -0.4 is 10.6 Å². The molecule has 0 radical (unpaired) electrons. The zero-order valence-electron chi connectivity index (χ0n) is 15.6. The van der Waals surface area contributed by atoms with Crippen molar-refractivity contribution in [1.29, 1.82) is 0 Å². The number of aromatic nitrogens is 3. The van der Waals surface area contributed by atoms with Gasteiger partial charge in [0.15, 0.2) is 0 Å². The number of amides is 1. The highest BCUT2D eigenvalue weighted by atomic mass is 35.5. The molecule has 4 heterocycles. The molecule has 0 N–H and O–H groups in total. The lowest BCUT2D eigenvalue weighted by Crippen LogP contribution is -2.44. The fourth-order valence-electron chi connectivity index (χ4n) is 4.32. The average molecular weight is 401 g/mol. The predicted molar refractivity (Wildman–Crippen MR) is 107 cm³/mol. The molecule has 0 bridgehead atoms. The van der Waals surface area contributed by atoms with Gasteiger partial charge in [-0.15, -0.1) is 5.10 Å². The largest absolute Gasteiger partial charge is 0.352 e. The van der Waals surface area contributed by atoms with Crippen LogP contribution in [-0.4, -0.2) is 56.7 Å². The van der Waals surface area contributed by atoms with E-state index in [0.717, 1.165) is 37.2 Å². The van der Waals surface area contributed by atoms with Crippen molar-refractivity contribution in [3.8, 4) is 5.69 Å². The molecule has 5 rings (SSSR count). The molecule has 2 aromatic rings. The van der Waals surface area contributed by atoms with Crippen LogP contribution in [0.3, 0.4) is 0 Å². The fourth-order valence-corrected chi connectivity index (χ4v) is 4.49. The summed E-state index contributed by atoms with van der Waals surface area (Å²) >= 11 is 6.19. The van der Waals surface area contributed by atoms with Gasteiger partial charge in [-0.3, -0.25) is 14.7 Å². The number of likely N-dealkylation sites (tertiary alicyclic amines) is 1. The molecule has 0 saturated carbocycles. The van der Waals surface area contributed by atoms with Crippen molar-refractivity contribution in [3.05, 3.63) is 39.3 Å². The number of halogens is 1. The Morgan fingerprint density at radius 3 is 2.96 bits per heavy atom. The van der Waals surface area contributed by atoms with E-state index in [-0.39, 0.29) is 24.2 Å². The van der Waals surface area contributed by atoms with Gasteiger partial charge in [0.25, 0.3) is 0 Å². The Labute approximate surface area is 167 Å². The summed E-state index contributed by atoms with van der Waals surface area (Å²) in [5.41, 5.74) is 1.18. The Balaban J connectivity index is 1.56. The number of hydrogen-bond donors (Lipinski definition) is 0. The highest BCUT2D eigenvalue weighted by Crippen LogP contribution is 2.31. The monoisotopic (exact) mass is 400 g/mol. The van der Waals surface area contributed by atoms with E-state index < -0.39 is 0 Å².